The molecular weight excluding hydrogens is 212 g/mol. The third-order valence-electron chi connectivity index (χ3n) is 1.50. The quantitative estimate of drug-likeness (QED) is 0.393. The number of allylic oxidation sites excluding steroid dienone is 1. The highest BCUT2D eigenvalue weighted by Gasteiger charge is 2.29. The van der Waals surface area contributed by atoms with E-state index in [0.717, 1.165) is 0 Å². The lowest BCUT2D eigenvalue weighted by atomic mass is 10.3. The number of nitrogens with zero attached hydrogens (tertiary/aromatic N) is 1. The van der Waals surface area contributed by atoms with Gasteiger partial charge in [0.25, 0.3) is 0 Å². The highest BCUT2D eigenvalue weighted by atomic mass is 16.6. The fraction of sp³-hybridized carbons (Fsp3) is 0.500. The van der Waals surface area contributed by atoms with Crippen LogP contribution in [0.1, 0.15) is 13.8 Å². The van der Waals surface area contributed by atoms with Crippen LogP contribution in [0.25, 0.3) is 0 Å². The Morgan fingerprint density at radius 3 is 2.06 bits per heavy atom. The van der Waals surface area contributed by atoms with Crippen LogP contribution in [0.3, 0.4) is 0 Å². The maximum Gasteiger partial charge on any atom is 0.340 e. The molecule has 0 aromatic heterocycles. The first-order valence-electron chi connectivity index (χ1n) is 4.75. The van der Waals surface area contributed by atoms with Gasteiger partial charge in [0, 0.05) is 0 Å². The van der Waals surface area contributed by atoms with Gasteiger partial charge in [0.15, 0.2) is 0 Å². The van der Waals surface area contributed by atoms with Crippen molar-refractivity contribution in [3.63, 3.8) is 0 Å². The number of esters is 2. The smallest absolute Gasteiger partial charge is 0.340 e. The molecule has 88 valence electrons. The zero-order valence-electron chi connectivity index (χ0n) is 9.28. The Hall–Kier alpha value is -2.03. The minimum atomic E-state index is -1.34. The molecule has 0 heterocycles. The van der Waals surface area contributed by atoms with Crippen LogP contribution in [0.5, 0.6) is 0 Å². The second-order valence-electron chi connectivity index (χ2n) is 2.67. The maximum atomic E-state index is 11.4. The molecule has 0 aromatic carbocycles. The Morgan fingerprint density at radius 1 is 1.31 bits per heavy atom. The Morgan fingerprint density at radius 2 is 1.75 bits per heavy atom. The van der Waals surface area contributed by atoms with Crippen LogP contribution in [0.2, 0.25) is 0 Å². The summed E-state index contributed by atoms with van der Waals surface area (Å²) in [4.78, 5) is 22.7. The first-order valence-corrected chi connectivity index (χ1v) is 4.75. The van der Waals surface area contributed by atoms with E-state index in [9.17, 15) is 9.59 Å². The normalized spacial score (nSPS) is 9.12. The van der Waals surface area contributed by atoms with Crippen molar-refractivity contribution in [2.75, 3.05) is 13.2 Å². The van der Waals surface area contributed by atoms with Crippen molar-refractivity contribution in [2.45, 2.75) is 19.9 Å². The zero-order chi connectivity index (χ0) is 12.6. The third kappa shape index (κ3) is 4.46. The molecule has 0 saturated carbocycles. The lowest BCUT2D eigenvalue weighted by molar-refractivity contribution is -0.157. The second-order valence-corrected chi connectivity index (χ2v) is 2.67. The van der Waals surface area contributed by atoms with Crippen molar-refractivity contribution in [1.29, 1.82) is 5.26 Å². The largest absolute Gasteiger partial charge is 0.464 e. The molecule has 0 bridgehead atoms. The summed E-state index contributed by atoms with van der Waals surface area (Å²) in [5.74, 6) is -1.59. The van der Waals surface area contributed by atoms with E-state index in [0.29, 0.717) is 0 Å². The molecule has 0 saturated heterocycles. The Kier molecular flexibility index (Phi) is 6.36. The van der Waals surface area contributed by atoms with Gasteiger partial charge in [-0.15, -0.1) is 0 Å². The fourth-order valence-corrected chi connectivity index (χ4v) is 0.872. The molecule has 0 aliphatic carbocycles. The number of hydrogen-bond acceptors (Lipinski definition) is 6. The molecule has 0 aliphatic heterocycles. The SMILES string of the molecule is C=C(C#N)NC(C(=O)OCC)C(=O)OCC. The molecule has 6 heteroatoms. The molecule has 0 aromatic rings. The zero-order valence-corrected chi connectivity index (χ0v) is 9.28. The lowest BCUT2D eigenvalue weighted by Gasteiger charge is -2.15. The third-order valence-corrected chi connectivity index (χ3v) is 1.50. The standard InChI is InChI=1S/C10H14N2O4/c1-4-15-9(13)8(10(14)16-5-2)12-7(3)6-11/h8,12H,3-5H2,1-2H3. The molecule has 1 N–H and O–H groups in total. The summed E-state index contributed by atoms with van der Waals surface area (Å²) in [6, 6.07) is 0.328. The highest BCUT2D eigenvalue weighted by molar-refractivity contribution is 5.99. The summed E-state index contributed by atoms with van der Waals surface area (Å²) in [6.45, 7) is 6.80. The first-order chi connectivity index (χ1) is 7.56. The van der Waals surface area contributed by atoms with Gasteiger partial charge in [-0.2, -0.15) is 5.26 Å². The number of carbonyl (C=O) groups excluding carboxylic acids is 2. The Labute approximate surface area is 93.8 Å². The van der Waals surface area contributed by atoms with Crippen LogP contribution in [0.4, 0.5) is 0 Å². The monoisotopic (exact) mass is 226 g/mol. The topological polar surface area (TPSA) is 88.4 Å². The average Bonchev–Trinajstić information content (AvgIpc) is 2.25. The number of rotatable bonds is 6. The van der Waals surface area contributed by atoms with Crippen molar-refractivity contribution in [3.8, 4) is 6.07 Å². The summed E-state index contributed by atoms with van der Waals surface area (Å²) in [7, 11) is 0. The van der Waals surface area contributed by atoms with Crippen LogP contribution in [0, 0.1) is 11.3 Å². The van der Waals surface area contributed by atoms with Crippen LogP contribution in [-0.2, 0) is 19.1 Å². The number of carbonyl (C=O) groups is 2. The van der Waals surface area contributed by atoms with Crippen LogP contribution in [0.15, 0.2) is 12.3 Å². The number of ether oxygens (including phenoxy) is 2. The van der Waals surface area contributed by atoms with Gasteiger partial charge in [-0.3, -0.25) is 0 Å². The van der Waals surface area contributed by atoms with Crippen molar-refractivity contribution in [3.05, 3.63) is 12.3 Å². The molecular formula is C10H14N2O4. The van der Waals surface area contributed by atoms with E-state index in [1.54, 1.807) is 19.9 Å². The van der Waals surface area contributed by atoms with Gasteiger partial charge in [-0.05, 0) is 13.8 Å². The van der Waals surface area contributed by atoms with Gasteiger partial charge in [0.1, 0.15) is 11.8 Å². The van der Waals surface area contributed by atoms with E-state index in [1.807, 2.05) is 0 Å². The molecule has 0 spiro atoms. The van der Waals surface area contributed by atoms with E-state index >= 15 is 0 Å². The van der Waals surface area contributed by atoms with Crippen LogP contribution < -0.4 is 5.32 Å². The van der Waals surface area contributed by atoms with E-state index in [-0.39, 0.29) is 18.9 Å². The number of hydrogen-bond donors (Lipinski definition) is 1. The van der Waals surface area contributed by atoms with Crippen molar-refractivity contribution in [2.24, 2.45) is 0 Å². The van der Waals surface area contributed by atoms with Gasteiger partial charge >= 0.3 is 11.9 Å². The highest BCUT2D eigenvalue weighted by Crippen LogP contribution is 1.97. The fourth-order valence-electron chi connectivity index (χ4n) is 0.872. The van der Waals surface area contributed by atoms with E-state index in [2.05, 4.69) is 21.4 Å². The van der Waals surface area contributed by atoms with Crippen molar-refractivity contribution < 1.29 is 19.1 Å². The summed E-state index contributed by atoms with van der Waals surface area (Å²) in [5.41, 5.74) is -0.105. The van der Waals surface area contributed by atoms with E-state index < -0.39 is 18.0 Å². The number of nitriles is 1. The molecule has 0 unspecified atom stereocenters. The minimum Gasteiger partial charge on any atom is -0.464 e. The van der Waals surface area contributed by atoms with E-state index in [1.165, 1.54) is 0 Å². The summed E-state index contributed by atoms with van der Waals surface area (Å²) < 4.78 is 9.33. The van der Waals surface area contributed by atoms with E-state index in [4.69, 9.17) is 5.26 Å². The summed E-state index contributed by atoms with van der Waals surface area (Å²) >= 11 is 0. The molecule has 0 fully saturated rings. The van der Waals surface area contributed by atoms with Gasteiger partial charge < -0.3 is 14.8 Å². The van der Waals surface area contributed by atoms with Crippen molar-refractivity contribution in [1.82, 2.24) is 5.32 Å². The van der Waals surface area contributed by atoms with Crippen LogP contribution in [-0.4, -0.2) is 31.2 Å². The molecule has 0 radical (unpaired) electrons. The predicted molar refractivity (Wildman–Crippen MR) is 54.9 cm³/mol. The van der Waals surface area contributed by atoms with Gasteiger partial charge in [0.2, 0.25) is 6.04 Å². The predicted octanol–water partition coefficient (Wildman–Crippen LogP) is 0.108. The molecule has 16 heavy (non-hydrogen) atoms. The van der Waals surface area contributed by atoms with Gasteiger partial charge in [-0.25, -0.2) is 9.59 Å². The summed E-state index contributed by atoms with van der Waals surface area (Å²) in [5, 5.41) is 10.8. The molecule has 0 rings (SSSR count). The van der Waals surface area contributed by atoms with Gasteiger partial charge in [-0.1, -0.05) is 6.58 Å². The van der Waals surface area contributed by atoms with Crippen LogP contribution >= 0.6 is 0 Å². The van der Waals surface area contributed by atoms with Gasteiger partial charge in [0.05, 0.1) is 13.2 Å². The maximum absolute atomic E-state index is 11.4. The number of nitrogens with one attached hydrogen (secondary N) is 1. The summed E-state index contributed by atoms with van der Waals surface area (Å²) in [6.07, 6.45) is 0. The molecule has 0 aliphatic rings. The first kappa shape index (κ1) is 14.0. The van der Waals surface area contributed by atoms with Crippen molar-refractivity contribution >= 4 is 11.9 Å². The average molecular weight is 226 g/mol. The Balaban J connectivity index is 4.63. The second kappa shape index (κ2) is 7.29. The molecule has 6 nitrogen and oxygen atoms in total. The lowest BCUT2D eigenvalue weighted by Crippen LogP contribution is -2.44. The Bertz CT molecular complexity index is 301. The minimum absolute atomic E-state index is 0.105. The molecule has 0 amide bonds. The molecule has 0 atom stereocenters.